The molecule has 0 atom stereocenters. The Morgan fingerprint density at radius 3 is 2.72 bits per heavy atom. The van der Waals surface area contributed by atoms with Crippen molar-refractivity contribution >= 4 is 0 Å². The molecule has 90 valence electrons. The lowest BCUT2D eigenvalue weighted by atomic mass is 10.2. The number of halogens is 1. The molecule has 0 aliphatic carbocycles. The predicted octanol–water partition coefficient (Wildman–Crippen LogP) is 2.89. The summed E-state index contributed by atoms with van der Waals surface area (Å²) in [6.45, 7) is 0. The zero-order valence-electron chi connectivity index (χ0n) is 9.55. The van der Waals surface area contributed by atoms with E-state index in [0.29, 0.717) is 17.1 Å². The largest absolute Gasteiger partial charge is 0.493 e. The Labute approximate surface area is 103 Å². The Balaban J connectivity index is 2.32. The number of nitriles is 1. The molecule has 0 fully saturated rings. The summed E-state index contributed by atoms with van der Waals surface area (Å²) < 4.78 is 23.4. The summed E-state index contributed by atoms with van der Waals surface area (Å²) in [5.41, 5.74) is 0.450. The number of ether oxygens (including phenoxy) is 2. The first-order chi connectivity index (χ1) is 8.72. The molecule has 0 amide bonds. The van der Waals surface area contributed by atoms with Gasteiger partial charge in [-0.25, -0.2) is 0 Å². The summed E-state index contributed by atoms with van der Waals surface area (Å²) in [7, 11) is 1.46. The van der Waals surface area contributed by atoms with E-state index in [4.69, 9.17) is 14.7 Å². The molecule has 0 aliphatic heterocycles. The van der Waals surface area contributed by atoms with Crippen molar-refractivity contribution in [2.24, 2.45) is 0 Å². The van der Waals surface area contributed by atoms with E-state index < -0.39 is 5.95 Å². The fraction of sp³-hybridized carbons (Fsp3) is 0.0769. The molecule has 0 saturated heterocycles. The highest BCUT2D eigenvalue weighted by molar-refractivity contribution is 5.47. The van der Waals surface area contributed by atoms with Crippen molar-refractivity contribution in [2.75, 3.05) is 7.11 Å². The van der Waals surface area contributed by atoms with Crippen molar-refractivity contribution < 1.29 is 13.9 Å². The lowest BCUT2D eigenvalue weighted by molar-refractivity contribution is 0.371. The van der Waals surface area contributed by atoms with Crippen LogP contribution in [0.5, 0.6) is 17.4 Å². The van der Waals surface area contributed by atoms with Crippen molar-refractivity contribution in [1.82, 2.24) is 4.98 Å². The number of aromatic nitrogens is 1. The predicted molar refractivity (Wildman–Crippen MR) is 62.0 cm³/mol. The van der Waals surface area contributed by atoms with Gasteiger partial charge in [-0.1, -0.05) is 6.07 Å². The lowest BCUT2D eigenvalue weighted by Crippen LogP contribution is -1.93. The second-order valence-electron chi connectivity index (χ2n) is 3.38. The Bertz CT molecular complexity index is 608. The van der Waals surface area contributed by atoms with Gasteiger partial charge >= 0.3 is 0 Å². The molecule has 0 N–H and O–H groups in total. The van der Waals surface area contributed by atoms with Crippen LogP contribution < -0.4 is 9.47 Å². The zero-order chi connectivity index (χ0) is 13.0. The summed E-state index contributed by atoms with van der Waals surface area (Å²) >= 11 is 0. The first kappa shape index (κ1) is 11.9. The third-order valence-corrected chi connectivity index (χ3v) is 2.20. The molecule has 0 radical (unpaired) electrons. The highest BCUT2D eigenvalue weighted by Crippen LogP contribution is 2.31. The van der Waals surface area contributed by atoms with E-state index in [2.05, 4.69) is 4.98 Å². The molecule has 18 heavy (non-hydrogen) atoms. The summed E-state index contributed by atoms with van der Waals surface area (Å²) in [5.74, 6) is 0.257. The molecule has 0 spiro atoms. The Morgan fingerprint density at radius 1 is 1.22 bits per heavy atom. The van der Waals surface area contributed by atoms with Crippen LogP contribution >= 0.6 is 0 Å². The normalized spacial score (nSPS) is 9.61. The van der Waals surface area contributed by atoms with E-state index >= 15 is 0 Å². The molecule has 0 bridgehead atoms. The van der Waals surface area contributed by atoms with Gasteiger partial charge < -0.3 is 9.47 Å². The number of pyridine rings is 1. The average molecular weight is 244 g/mol. The van der Waals surface area contributed by atoms with E-state index in [1.54, 1.807) is 12.1 Å². The van der Waals surface area contributed by atoms with Crippen LogP contribution in [0.15, 0.2) is 36.4 Å². The van der Waals surface area contributed by atoms with Crippen molar-refractivity contribution in [1.29, 1.82) is 5.26 Å². The van der Waals surface area contributed by atoms with E-state index in [1.165, 1.54) is 31.4 Å². The van der Waals surface area contributed by atoms with Crippen LogP contribution in [0.25, 0.3) is 0 Å². The first-order valence-corrected chi connectivity index (χ1v) is 5.11. The minimum Gasteiger partial charge on any atom is -0.493 e. The van der Waals surface area contributed by atoms with Gasteiger partial charge in [-0.15, -0.1) is 0 Å². The van der Waals surface area contributed by atoms with Crippen LogP contribution in [0.1, 0.15) is 5.56 Å². The molecule has 1 aromatic carbocycles. The maximum Gasteiger partial charge on any atom is 0.222 e. The minimum absolute atomic E-state index is 0.123. The summed E-state index contributed by atoms with van der Waals surface area (Å²) in [4.78, 5) is 3.58. The average Bonchev–Trinajstić information content (AvgIpc) is 2.39. The smallest absolute Gasteiger partial charge is 0.222 e. The molecular formula is C13H9FN2O2. The van der Waals surface area contributed by atoms with Gasteiger partial charge in [0.25, 0.3) is 0 Å². The number of rotatable bonds is 3. The third kappa shape index (κ3) is 2.55. The van der Waals surface area contributed by atoms with Gasteiger partial charge in [0.15, 0.2) is 11.5 Å². The maximum absolute atomic E-state index is 12.9. The maximum atomic E-state index is 12.9. The zero-order valence-corrected chi connectivity index (χ0v) is 9.55. The fourth-order valence-corrected chi connectivity index (χ4v) is 1.38. The van der Waals surface area contributed by atoms with Crippen molar-refractivity contribution in [3.05, 3.63) is 47.9 Å². The van der Waals surface area contributed by atoms with E-state index in [0.717, 1.165) is 0 Å². The summed E-state index contributed by atoms with van der Waals surface area (Å²) in [6.07, 6.45) is 0. The molecule has 1 aromatic heterocycles. The lowest BCUT2D eigenvalue weighted by Gasteiger charge is -2.09. The van der Waals surface area contributed by atoms with Crippen LogP contribution in [-0.2, 0) is 0 Å². The van der Waals surface area contributed by atoms with Gasteiger partial charge in [-0.3, -0.25) is 0 Å². The van der Waals surface area contributed by atoms with E-state index in [-0.39, 0.29) is 5.88 Å². The van der Waals surface area contributed by atoms with Crippen LogP contribution in [0, 0.1) is 17.3 Å². The molecule has 4 nitrogen and oxygen atoms in total. The molecular weight excluding hydrogens is 235 g/mol. The van der Waals surface area contributed by atoms with Gasteiger partial charge in [0.05, 0.1) is 18.7 Å². The van der Waals surface area contributed by atoms with Gasteiger partial charge in [0.2, 0.25) is 11.8 Å². The Kier molecular flexibility index (Phi) is 3.39. The minimum atomic E-state index is -0.625. The highest BCUT2D eigenvalue weighted by Gasteiger charge is 2.08. The molecule has 1 heterocycles. The second kappa shape index (κ2) is 5.15. The van der Waals surface area contributed by atoms with E-state index in [1.807, 2.05) is 6.07 Å². The molecule has 2 aromatic rings. The van der Waals surface area contributed by atoms with Crippen molar-refractivity contribution in [2.45, 2.75) is 0 Å². The quantitative estimate of drug-likeness (QED) is 0.779. The molecule has 5 heteroatoms. The Morgan fingerprint density at radius 2 is 2.06 bits per heavy atom. The number of nitrogens with zero attached hydrogens (tertiary/aromatic N) is 2. The Hall–Kier alpha value is -2.61. The second-order valence-corrected chi connectivity index (χ2v) is 3.38. The number of methoxy groups -OCH3 is 1. The highest BCUT2D eigenvalue weighted by atomic mass is 19.1. The van der Waals surface area contributed by atoms with Gasteiger partial charge in [-0.05, 0) is 18.2 Å². The van der Waals surface area contributed by atoms with Crippen LogP contribution in [0.2, 0.25) is 0 Å². The van der Waals surface area contributed by atoms with Crippen LogP contribution in [-0.4, -0.2) is 12.1 Å². The number of benzene rings is 1. The van der Waals surface area contributed by atoms with Gasteiger partial charge in [0.1, 0.15) is 0 Å². The fourth-order valence-electron chi connectivity index (χ4n) is 1.38. The summed E-state index contributed by atoms with van der Waals surface area (Å²) in [5, 5.41) is 8.77. The topological polar surface area (TPSA) is 55.1 Å². The first-order valence-electron chi connectivity index (χ1n) is 5.11. The monoisotopic (exact) mass is 244 g/mol. The molecule has 0 unspecified atom stereocenters. The number of hydrogen-bond acceptors (Lipinski definition) is 4. The van der Waals surface area contributed by atoms with Crippen LogP contribution in [0.4, 0.5) is 4.39 Å². The standard InChI is InChI=1S/C13H9FN2O2/c1-17-11-7-9(8-15)5-6-10(11)18-13-4-2-3-12(14)16-13/h2-7H,1H3. The van der Waals surface area contributed by atoms with Gasteiger partial charge in [-0.2, -0.15) is 14.6 Å². The van der Waals surface area contributed by atoms with Gasteiger partial charge in [0, 0.05) is 12.1 Å². The molecule has 0 saturated carbocycles. The van der Waals surface area contributed by atoms with Crippen molar-refractivity contribution in [3.63, 3.8) is 0 Å². The molecule has 0 aliphatic rings. The summed E-state index contributed by atoms with van der Waals surface area (Å²) in [6, 6.07) is 10.9. The van der Waals surface area contributed by atoms with Crippen LogP contribution in [0.3, 0.4) is 0 Å². The number of hydrogen-bond donors (Lipinski definition) is 0. The SMILES string of the molecule is COc1cc(C#N)ccc1Oc1cccc(F)n1. The van der Waals surface area contributed by atoms with Crippen molar-refractivity contribution in [3.8, 4) is 23.4 Å². The van der Waals surface area contributed by atoms with E-state index in [9.17, 15) is 4.39 Å². The third-order valence-electron chi connectivity index (χ3n) is 2.20. The molecule has 2 rings (SSSR count).